The molecule has 1 heterocycles. The number of anilines is 1. The van der Waals surface area contributed by atoms with Crippen molar-refractivity contribution in [3.8, 4) is 17.0 Å². The van der Waals surface area contributed by atoms with Crippen LogP contribution in [0.3, 0.4) is 0 Å². The van der Waals surface area contributed by atoms with Crippen molar-refractivity contribution in [2.75, 3.05) is 18.5 Å². The molecule has 6 nitrogen and oxygen atoms in total. The maximum Gasteiger partial charge on any atom is 0.344 e. The highest BCUT2D eigenvalue weighted by Crippen LogP contribution is 2.25. The van der Waals surface area contributed by atoms with Crippen LogP contribution >= 0.6 is 11.3 Å². The second-order valence-electron chi connectivity index (χ2n) is 6.37. The van der Waals surface area contributed by atoms with E-state index in [1.165, 1.54) is 23.5 Å². The molecule has 0 aliphatic rings. The Labute approximate surface area is 171 Å². The van der Waals surface area contributed by atoms with Gasteiger partial charge in [0.05, 0.1) is 5.69 Å². The van der Waals surface area contributed by atoms with Gasteiger partial charge in [0.25, 0.3) is 5.91 Å². The number of aryl methyl sites for hydroxylation is 2. The Hall–Kier alpha value is -3.26. The molecule has 0 fully saturated rings. The molecule has 3 aromatic rings. The van der Waals surface area contributed by atoms with E-state index in [4.69, 9.17) is 9.47 Å². The fraction of sp³-hybridized carbons (Fsp3) is 0.190. The summed E-state index contributed by atoms with van der Waals surface area (Å²) < 4.78 is 23.3. The van der Waals surface area contributed by atoms with Crippen LogP contribution in [0.15, 0.2) is 47.8 Å². The van der Waals surface area contributed by atoms with Crippen LogP contribution in [0.2, 0.25) is 0 Å². The highest BCUT2D eigenvalue weighted by Gasteiger charge is 2.12. The number of carbonyl (C=O) groups excluding carboxylic acids is 2. The second-order valence-corrected chi connectivity index (χ2v) is 7.22. The third-order valence-electron chi connectivity index (χ3n) is 3.81. The lowest BCUT2D eigenvalue weighted by Gasteiger charge is -2.08. The molecule has 0 bridgehead atoms. The van der Waals surface area contributed by atoms with Crippen molar-refractivity contribution >= 4 is 28.3 Å². The molecule has 0 aliphatic carbocycles. The van der Waals surface area contributed by atoms with Gasteiger partial charge >= 0.3 is 5.97 Å². The van der Waals surface area contributed by atoms with Gasteiger partial charge in [-0.2, -0.15) is 0 Å². The summed E-state index contributed by atoms with van der Waals surface area (Å²) >= 11 is 1.22. The van der Waals surface area contributed by atoms with Gasteiger partial charge in [0, 0.05) is 10.9 Å². The molecule has 0 unspecified atom stereocenters. The van der Waals surface area contributed by atoms with Crippen molar-refractivity contribution in [3.05, 3.63) is 64.8 Å². The fourth-order valence-corrected chi connectivity index (χ4v) is 3.32. The van der Waals surface area contributed by atoms with Gasteiger partial charge in [-0.15, -0.1) is 11.3 Å². The fourth-order valence-electron chi connectivity index (χ4n) is 2.59. The van der Waals surface area contributed by atoms with Crippen LogP contribution in [0, 0.1) is 19.7 Å². The van der Waals surface area contributed by atoms with Gasteiger partial charge in [-0.05, 0) is 61.4 Å². The van der Waals surface area contributed by atoms with Crippen LogP contribution in [0.5, 0.6) is 5.75 Å². The number of nitrogens with one attached hydrogen (secondary N) is 1. The predicted octanol–water partition coefficient (Wildman–Crippen LogP) is 4.13. The third-order valence-corrected chi connectivity index (χ3v) is 4.56. The number of thiazole rings is 1. The van der Waals surface area contributed by atoms with Gasteiger partial charge in [0.1, 0.15) is 11.6 Å². The molecule has 0 saturated heterocycles. The van der Waals surface area contributed by atoms with Gasteiger partial charge < -0.3 is 9.47 Å². The van der Waals surface area contributed by atoms with Crippen molar-refractivity contribution < 1.29 is 23.5 Å². The van der Waals surface area contributed by atoms with E-state index in [9.17, 15) is 14.0 Å². The minimum atomic E-state index is -0.648. The van der Waals surface area contributed by atoms with Crippen LogP contribution in [0.4, 0.5) is 9.52 Å². The minimum Gasteiger partial charge on any atom is -0.482 e. The monoisotopic (exact) mass is 414 g/mol. The normalized spacial score (nSPS) is 10.4. The lowest BCUT2D eigenvalue weighted by Crippen LogP contribution is -2.23. The van der Waals surface area contributed by atoms with E-state index in [2.05, 4.69) is 10.3 Å². The summed E-state index contributed by atoms with van der Waals surface area (Å²) in [6.45, 7) is 3.13. The molecular formula is C21H19FN2O4S. The predicted molar refractivity (Wildman–Crippen MR) is 109 cm³/mol. The zero-order valence-electron chi connectivity index (χ0n) is 15.9. The second kappa shape index (κ2) is 9.29. The maximum atomic E-state index is 13.0. The smallest absolute Gasteiger partial charge is 0.344 e. The van der Waals surface area contributed by atoms with Crippen molar-refractivity contribution in [1.29, 1.82) is 0 Å². The van der Waals surface area contributed by atoms with E-state index < -0.39 is 18.5 Å². The summed E-state index contributed by atoms with van der Waals surface area (Å²) in [5, 5.41) is 4.66. The summed E-state index contributed by atoms with van der Waals surface area (Å²) in [5.41, 5.74) is 3.40. The Morgan fingerprint density at radius 3 is 2.45 bits per heavy atom. The average molecular weight is 414 g/mol. The first-order chi connectivity index (χ1) is 13.9. The Kier molecular flexibility index (Phi) is 6.56. The van der Waals surface area contributed by atoms with Gasteiger partial charge in [-0.3, -0.25) is 10.1 Å². The Morgan fingerprint density at radius 2 is 1.76 bits per heavy atom. The number of hydrogen-bond acceptors (Lipinski definition) is 6. The number of rotatable bonds is 7. The van der Waals surface area contributed by atoms with Gasteiger partial charge in [-0.25, -0.2) is 14.2 Å². The minimum absolute atomic E-state index is 0.290. The molecule has 0 aliphatic heterocycles. The molecule has 1 N–H and O–H groups in total. The van der Waals surface area contributed by atoms with Crippen molar-refractivity contribution in [2.45, 2.75) is 13.8 Å². The number of nitrogens with zero attached hydrogens (tertiary/aromatic N) is 1. The Morgan fingerprint density at radius 1 is 1.07 bits per heavy atom. The molecule has 0 radical (unpaired) electrons. The standard InChI is InChI=1S/C21H19FN2O4S/c1-13-7-14(2)9-17(8-13)27-11-20(26)28-10-19(25)24-21-23-18(12-29-21)15-3-5-16(22)6-4-15/h3-9,12H,10-11H2,1-2H3,(H,23,24,25). The molecule has 0 atom stereocenters. The maximum absolute atomic E-state index is 13.0. The molecule has 0 saturated carbocycles. The zero-order chi connectivity index (χ0) is 20.8. The molecule has 2 aromatic carbocycles. The van der Waals surface area contributed by atoms with Crippen LogP contribution in [0.1, 0.15) is 11.1 Å². The quantitative estimate of drug-likeness (QED) is 0.589. The first-order valence-corrected chi connectivity index (χ1v) is 9.65. The molecule has 1 amide bonds. The molecule has 1 aromatic heterocycles. The van der Waals surface area contributed by atoms with Crippen molar-refractivity contribution in [1.82, 2.24) is 4.98 Å². The highest BCUT2D eigenvalue weighted by molar-refractivity contribution is 7.14. The van der Waals surface area contributed by atoms with E-state index in [0.717, 1.165) is 16.7 Å². The third kappa shape index (κ3) is 6.11. The topological polar surface area (TPSA) is 77.5 Å². The van der Waals surface area contributed by atoms with Crippen molar-refractivity contribution in [3.63, 3.8) is 0 Å². The summed E-state index contributed by atoms with van der Waals surface area (Å²) in [7, 11) is 0. The average Bonchev–Trinajstić information content (AvgIpc) is 3.13. The van der Waals surface area contributed by atoms with Crippen LogP contribution < -0.4 is 10.1 Å². The van der Waals surface area contributed by atoms with Crippen LogP contribution in [0.25, 0.3) is 11.3 Å². The number of esters is 1. The van der Waals surface area contributed by atoms with E-state index in [0.29, 0.717) is 16.6 Å². The molecule has 0 spiro atoms. The zero-order valence-corrected chi connectivity index (χ0v) is 16.7. The number of hydrogen-bond donors (Lipinski definition) is 1. The number of benzene rings is 2. The van der Waals surface area contributed by atoms with E-state index in [1.54, 1.807) is 17.5 Å². The van der Waals surface area contributed by atoms with Gasteiger partial charge in [-0.1, -0.05) is 6.07 Å². The lowest BCUT2D eigenvalue weighted by molar-refractivity contribution is -0.149. The van der Waals surface area contributed by atoms with E-state index in [1.807, 2.05) is 32.0 Å². The molecule has 3 rings (SSSR count). The van der Waals surface area contributed by atoms with Crippen LogP contribution in [-0.2, 0) is 14.3 Å². The lowest BCUT2D eigenvalue weighted by atomic mass is 10.1. The number of aromatic nitrogens is 1. The summed E-state index contributed by atoms with van der Waals surface area (Å²) in [6, 6.07) is 11.5. The molecule has 150 valence electrons. The van der Waals surface area contributed by atoms with Crippen molar-refractivity contribution in [2.24, 2.45) is 0 Å². The van der Waals surface area contributed by atoms with Gasteiger partial charge in [0.2, 0.25) is 0 Å². The first kappa shape index (κ1) is 20.5. The largest absolute Gasteiger partial charge is 0.482 e. The first-order valence-electron chi connectivity index (χ1n) is 8.77. The summed E-state index contributed by atoms with van der Waals surface area (Å²) in [5.74, 6) is -0.920. The van der Waals surface area contributed by atoms with Gasteiger partial charge in [0.15, 0.2) is 18.3 Å². The number of carbonyl (C=O) groups is 2. The summed E-state index contributed by atoms with van der Waals surface area (Å²) in [4.78, 5) is 28.0. The molecule has 8 heteroatoms. The number of halogens is 1. The number of amides is 1. The van der Waals surface area contributed by atoms with E-state index >= 15 is 0 Å². The Bertz CT molecular complexity index is 998. The molecule has 29 heavy (non-hydrogen) atoms. The molecular weight excluding hydrogens is 395 g/mol. The Balaban J connectivity index is 1.45. The highest BCUT2D eigenvalue weighted by atomic mass is 32.1. The van der Waals surface area contributed by atoms with E-state index in [-0.39, 0.29) is 12.4 Å². The summed E-state index contributed by atoms with van der Waals surface area (Å²) in [6.07, 6.45) is 0. The SMILES string of the molecule is Cc1cc(C)cc(OCC(=O)OCC(=O)Nc2nc(-c3ccc(F)cc3)cs2)c1. The number of ether oxygens (including phenoxy) is 2. The van der Waals surface area contributed by atoms with Crippen LogP contribution in [-0.4, -0.2) is 30.1 Å².